The van der Waals surface area contributed by atoms with Gasteiger partial charge in [0.15, 0.2) is 5.92 Å². The normalized spacial score (nSPS) is 16.0. The van der Waals surface area contributed by atoms with Crippen molar-refractivity contribution < 1.29 is 31.1 Å². The van der Waals surface area contributed by atoms with Gasteiger partial charge in [-0.3, -0.25) is 4.79 Å². The van der Waals surface area contributed by atoms with Crippen LogP contribution in [-0.4, -0.2) is 18.6 Å². The average Bonchev–Trinajstić information content (AvgIpc) is 1.80. The quantitative estimate of drug-likeness (QED) is 0.635. The minimum Gasteiger partial charge on any atom is -0.291 e. The number of alkyl halides is 6. The zero-order valence-electron chi connectivity index (χ0n) is 6.33. The van der Waals surface area contributed by atoms with Crippen LogP contribution in [0.2, 0.25) is 0 Å². The molecule has 0 N–H and O–H groups in total. The van der Waals surface area contributed by atoms with E-state index in [4.69, 9.17) is 0 Å². The summed E-state index contributed by atoms with van der Waals surface area (Å²) in [7, 11) is 0. The lowest BCUT2D eigenvalue weighted by Gasteiger charge is -2.24. The molecule has 0 aliphatic carbocycles. The molecule has 0 aromatic heterocycles. The maximum Gasteiger partial charge on any atom is 0.401 e. The molecule has 7 heteroatoms. The second-order valence-electron chi connectivity index (χ2n) is 2.47. The summed E-state index contributed by atoms with van der Waals surface area (Å²) >= 11 is 0. The Morgan fingerprint density at radius 1 is 1.00 bits per heavy atom. The molecular formula is C6H5F6O. The van der Waals surface area contributed by atoms with Crippen LogP contribution < -0.4 is 0 Å². The van der Waals surface area contributed by atoms with Crippen LogP contribution in [0.1, 0.15) is 6.92 Å². The smallest absolute Gasteiger partial charge is 0.291 e. The first-order valence-electron chi connectivity index (χ1n) is 3.11. The monoisotopic (exact) mass is 207 g/mol. The van der Waals surface area contributed by atoms with Gasteiger partial charge in [0.1, 0.15) is 0 Å². The molecular weight excluding hydrogens is 202 g/mol. The number of rotatable bonds is 2. The first-order valence-corrected chi connectivity index (χ1v) is 3.11. The Morgan fingerprint density at radius 3 is 1.38 bits per heavy atom. The first-order chi connectivity index (χ1) is 5.60. The Bertz CT molecular complexity index is 167. The van der Waals surface area contributed by atoms with Gasteiger partial charge in [0.25, 0.3) is 0 Å². The molecule has 0 rings (SSSR count). The first kappa shape index (κ1) is 12.2. The Balaban J connectivity index is 4.88. The van der Waals surface area contributed by atoms with Crippen LogP contribution >= 0.6 is 0 Å². The number of hydrogen-bond donors (Lipinski definition) is 0. The zero-order valence-corrected chi connectivity index (χ0v) is 6.33. The lowest BCUT2D eigenvalue weighted by Crippen LogP contribution is -2.41. The Labute approximate surface area is 69.7 Å². The minimum absolute atomic E-state index is 0.526. The van der Waals surface area contributed by atoms with Crippen molar-refractivity contribution in [2.24, 2.45) is 11.8 Å². The van der Waals surface area contributed by atoms with Crippen LogP contribution in [0.4, 0.5) is 26.3 Å². The summed E-state index contributed by atoms with van der Waals surface area (Å²) < 4.78 is 70.5. The topological polar surface area (TPSA) is 17.1 Å². The van der Waals surface area contributed by atoms with E-state index in [1.807, 2.05) is 0 Å². The van der Waals surface area contributed by atoms with E-state index in [2.05, 4.69) is 0 Å². The van der Waals surface area contributed by atoms with Crippen molar-refractivity contribution in [2.75, 3.05) is 0 Å². The molecule has 1 radical (unpaired) electrons. The van der Waals surface area contributed by atoms with Crippen molar-refractivity contribution >= 4 is 6.29 Å². The van der Waals surface area contributed by atoms with Gasteiger partial charge in [-0.1, -0.05) is 6.92 Å². The van der Waals surface area contributed by atoms with Crippen LogP contribution in [0, 0.1) is 11.8 Å². The molecule has 0 fully saturated rings. The van der Waals surface area contributed by atoms with Crippen molar-refractivity contribution in [3.8, 4) is 0 Å². The molecule has 1 atom stereocenters. The maximum atomic E-state index is 11.8. The second-order valence-corrected chi connectivity index (χ2v) is 2.47. The van der Waals surface area contributed by atoms with Gasteiger partial charge in [-0.05, 0) is 0 Å². The predicted molar refractivity (Wildman–Crippen MR) is 30.5 cm³/mol. The summed E-state index contributed by atoms with van der Waals surface area (Å²) in [5, 5.41) is 0. The number of hydrogen-bond acceptors (Lipinski definition) is 1. The molecule has 0 saturated carbocycles. The number of halogens is 6. The molecule has 0 amide bonds. The summed E-state index contributed by atoms with van der Waals surface area (Å²) in [5.74, 6) is -5.86. The predicted octanol–water partition coefficient (Wildman–Crippen LogP) is 2.47. The highest BCUT2D eigenvalue weighted by Gasteiger charge is 2.59. The van der Waals surface area contributed by atoms with Gasteiger partial charge < -0.3 is 0 Å². The third kappa shape index (κ3) is 3.23. The average molecular weight is 207 g/mol. The third-order valence-corrected chi connectivity index (χ3v) is 1.39. The fraction of sp³-hybridized carbons (Fsp3) is 0.833. The van der Waals surface area contributed by atoms with Crippen molar-refractivity contribution in [1.82, 2.24) is 0 Å². The van der Waals surface area contributed by atoms with Crippen molar-refractivity contribution in [2.45, 2.75) is 19.3 Å². The third-order valence-electron chi connectivity index (χ3n) is 1.39. The zero-order chi connectivity index (χ0) is 10.9. The highest BCUT2D eigenvalue weighted by molar-refractivity contribution is 5.54. The molecule has 0 saturated heterocycles. The van der Waals surface area contributed by atoms with Gasteiger partial charge >= 0.3 is 12.4 Å². The van der Waals surface area contributed by atoms with Gasteiger partial charge in [0.2, 0.25) is 6.29 Å². The largest absolute Gasteiger partial charge is 0.401 e. The minimum atomic E-state index is -5.46. The summed E-state index contributed by atoms with van der Waals surface area (Å²) in [6.45, 7) is 0.526. The fourth-order valence-electron chi connectivity index (χ4n) is 0.821. The molecule has 13 heavy (non-hydrogen) atoms. The van der Waals surface area contributed by atoms with E-state index in [-0.39, 0.29) is 0 Å². The molecule has 0 aromatic rings. The Kier molecular flexibility index (Phi) is 3.34. The molecule has 1 unspecified atom stereocenters. The lowest BCUT2D eigenvalue weighted by molar-refractivity contribution is -0.291. The van der Waals surface area contributed by atoms with E-state index in [9.17, 15) is 31.1 Å². The van der Waals surface area contributed by atoms with E-state index >= 15 is 0 Å². The number of carbonyl (C=O) groups excluding carboxylic acids is 1. The van der Waals surface area contributed by atoms with Gasteiger partial charge in [-0.25, -0.2) is 0 Å². The van der Waals surface area contributed by atoms with Gasteiger partial charge in [0, 0.05) is 5.92 Å². The standard InChI is InChI=1S/C6H5F6O/c1-3(2-13)4(5(7,8)9)6(10,11)12/h3-4H,1H3. The van der Waals surface area contributed by atoms with E-state index in [1.54, 1.807) is 0 Å². The van der Waals surface area contributed by atoms with Crippen LogP contribution in [-0.2, 0) is 4.79 Å². The van der Waals surface area contributed by atoms with E-state index < -0.39 is 24.2 Å². The highest BCUT2D eigenvalue weighted by atomic mass is 19.4. The summed E-state index contributed by atoms with van der Waals surface area (Å²) in [4.78, 5) is 9.71. The molecule has 0 bridgehead atoms. The summed E-state index contributed by atoms with van der Waals surface area (Å²) in [6, 6.07) is 0. The van der Waals surface area contributed by atoms with E-state index in [1.165, 1.54) is 0 Å². The lowest BCUT2D eigenvalue weighted by atomic mass is 9.94. The van der Waals surface area contributed by atoms with Crippen LogP contribution in [0.5, 0.6) is 0 Å². The Hall–Kier alpha value is -0.750. The van der Waals surface area contributed by atoms with Crippen molar-refractivity contribution in [3.05, 3.63) is 0 Å². The summed E-state index contributed by atoms with van der Waals surface area (Å²) in [6.07, 6.45) is -10.2. The van der Waals surface area contributed by atoms with E-state index in [0.29, 0.717) is 13.2 Å². The maximum absolute atomic E-state index is 11.8. The molecule has 0 aliphatic heterocycles. The van der Waals surface area contributed by atoms with Crippen LogP contribution in [0.15, 0.2) is 0 Å². The molecule has 0 aliphatic rings. The molecule has 0 aromatic carbocycles. The van der Waals surface area contributed by atoms with Gasteiger partial charge in [0.05, 0.1) is 0 Å². The van der Waals surface area contributed by atoms with E-state index in [0.717, 1.165) is 0 Å². The van der Waals surface area contributed by atoms with Crippen molar-refractivity contribution in [1.29, 1.82) is 0 Å². The van der Waals surface area contributed by atoms with Gasteiger partial charge in [-0.2, -0.15) is 26.3 Å². The molecule has 77 valence electrons. The second kappa shape index (κ2) is 3.55. The Morgan fingerprint density at radius 2 is 1.31 bits per heavy atom. The fourth-order valence-corrected chi connectivity index (χ4v) is 0.821. The van der Waals surface area contributed by atoms with Crippen molar-refractivity contribution in [3.63, 3.8) is 0 Å². The molecule has 0 spiro atoms. The van der Waals surface area contributed by atoms with Crippen LogP contribution in [0.3, 0.4) is 0 Å². The van der Waals surface area contributed by atoms with Crippen LogP contribution in [0.25, 0.3) is 0 Å². The SMILES string of the molecule is CC([C]=O)C(C(F)(F)F)C(F)(F)F. The summed E-state index contributed by atoms with van der Waals surface area (Å²) in [5.41, 5.74) is 0. The molecule has 1 nitrogen and oxygen atoms in total. The van der Waals surface area contributed by atoms with Gasteiger partial charge in [-0.15, -0.1) is 0 Å². The molecule has 0 heterocycles. The highest BCUT2D eigenvalue weighted by Crippen LogP contribution is 2.42.